The van der Waals surface area contributed by atoms with Crippen molar-refractivity contribution in [1.82, 2.24) is 19.1 Å². The molecule has 0 radical (unpaired) electrons. The van der Waals surface area contributed by atoms with Crippen LogP contribution in [-0.2, 0) is 0 Å². The van der Waals surface area contributed by atoms with Crippen LogP contribution in [-0.4, -0.2) is 25.6 Å². The van der Waals surface area contributed by atoms with Crippen molar-refractivity contribution in [2.24, 2.45) is 5.73 Å². The van der Waals surface area contributed by atoms with Crippen LogP contribution in [0.4, 0.5) is 5.82 Å². The molecule has 196 valence electrons. The van der Waals surface area contributed by atoms with Gasteiger partial charge in [-0.2, -0.15) is 0 Å². The van der Waals surface area contributed by atoms with E-state index in [0.717, 1.165) is 50.8 Å². The highest BCUT2D eigenvalue weighted by Gasteiger charge is 2.24. The normalized spacial score (nSPS) is 12.2. The largest absolute Gasteiger partial charge is 0.457 e. The van der Waals surface area contributed by atoms with Gasteiger partial charge in [-0.1, -0.05) is 63.6 Å². The van der Waals surface area contributed by atoms with Crippen LogP contribution >= 0.6 is 0 Å². The lowest BCUT2D eigenvalue weighted by atomic mass is 10.0. The van der Waals surface area contributed by atoms with Crippen LogP contribution in [0.3, 0.4) is 0 Å². The van der Waals surface area contributed by atoms with Gasteiger partial charge in [0.15, 0.2) is 11.5 Å². The molecule has 4 N–H and O–H groups in total. The van der Waals surface area contributed by atoms with Gasteiger partial charge in [0, 0.05) is 6.04 Å². The van der Waals surface area contributed by atoms with Crippen LogP contribution in [0.2, 0.25) is 0 Å². The Bertz CT molecular complexity index is 1310. The van der Waals surface area contributed by atoms with Crippen LogP contribution in [0.15, 0.2) is 65.7 Å². The van der Waals surface area contributed by atoms with Crippen molar-refractivity contribution in [3.8, 4) is 17.2 Å². The van der Waals surface area contributed by atoms with Crippen molar-refractivity contribution in [2.75, 3.05) is 12.3 Å². The zero-order valence-corrected chi connectivity index (χ0v) is 21.7. The molecule has 2 aromatic heterocycles. The first-order valence-electron chi connectivity index (χ1n) is 13.4. The Morgan fingerprint density at radius 3 is 2.24 bits per heavy atom. The molecule has 0 amide bonds. The van der Waals surface area contributed by atoms with Crippen LogP contribution in [0.25, 0.3) is 16.9 Å². The molecule has 0 fully saturated rings. The Hall–Kier alpha value is -3.65. The predicted molar refractivity (Wildman–Crippen MR) is 149 cm³/mol. The van der Waals surface area contributed by atoms with Crippen molar-refractivity contribution >= 4 is 17.0 Å². The number of rotatable bonds is 14. The summed E-state index contributed by atoms with van der Waals surface area (Å²) >= 11 is 0. The van der Waals surface area contributed by atoms with Crippen LogP contribution in [0.1, 0.15) is 70.8 Å². The number of imidazole rings is 1. The molecule has 2 heterocycles. The molecular weight excluding hydrogens is 464 g/mol. The molecule has 4 aromatic rings. The molecule has 0 aliphatic carbocycles. The maximum atomic E-state index is 13.9. The second kappa shape index (κ2) is 13.1. The van der Waals surface area contributed by atoms with E-state index in [9.17, 15) is 4.79 Å². The molecule has 4 rings (SSSR count). The molecule has 0 saturated heterocycles. The van der Waals surface area contributed by atoms with E-state index in [4.69, 9.17) is 16.2 Å². The van der Waals surface area contributed by atoms with Gasteiger partial charge in [-0.3, -0.25) is 9.13 Å². The van der Waals surface area contributed by atoms with E-state index in [1.54, 1.807) is 4.57 Å². The summed E-state index contributed by atoms with van der Waals surface area (Å²) in [6.07, 6.45) is 11.2. The first kappa shape index (κ1) is 26.4. The fourth-order valence-electron chi connectivity index (χ4n) is 4.89. The Labute approximate surface area is 218 Å². The van der Waals surface area contributed by atoms with Gasteiger partial charge >= 0.3 is 5.69 Å². The molecule has 0 bridgehead atoms. The van der Waals surface area contributed by atoms with Crippen molar-refractivity contribution < 1.29 is 4.74 Å². The Morgan fingerprint density at radius 2 is 1.54 bits per heavy atom. The monoisotopic (exact) mass is 502 g/mol. The van der Waals surface area contributed by atoms with Gasteiger partial charge in [-0.15, -0.1) is 0 Å². The lowest BCUT2D eigenvalue weighted by Crippen LogP contribution is -2.27. The van der Waals surface area contributed by atoms with E-state index in [0.29, 0.717) is 28.4 Å². The number of anilines is 1. The molecule has 0 spiro atoms. The second-order valence-corrected chi connectivity index (χ2v) is 9.47. The van der Waals surface area contributed by atoms with Gasteiger partial charge in [-0.05, 0) is 62.2 Å². The number of nitrogens with two attached hydrogens (primary N) is 2. The number of nitrogen functional groups attached to an aromatic ring is 1. The molecule has 8 heteroatoms. The highest BCUT2D eigenvalue weighted by molar-refractivity contribution is 5.84. The summed E-state index contributed by atoms with van der Waals surface area (Å²) in [4.78, 5) is 22.6. The zero-order chi connectivity index (χ0) is 26.0. The minimum atomic E-state index is -0.139. The van der Waals surface area contributed by atoms with Gasteiger partial charge in [0.2, 0.25) is 0 Å². The molecule has 0 aliphatic rings. The fraction of sp³-hybridized carbons (Fsp3) is 0.414. The lowest BCUT2D eigenvalue weighted by Gasteiger charge is -2.17. The summed E-state index contributed by atoms with van der Waals surface area (Å²) in [5, 5.41) is 0. The Kier molecular flexibility index (Phi) is 9.32. The summed E-state index contributed by atoms with van der Waals surface area (Å²) in [6, 6.07) is 17.1. The minimum Gasteiger partial charge on any atom is -0.457 e. The molecule has 0 saturated carbocycles. The number of ether oxygens (including phenoxy) is 1. The van der Waals surface area contributed by atoms with Gasteiger partial charge in [0.25, 0.3) is 0 Å². The van der Waals surface area contributed by atoms with E-state index in [1.807, 2.05) is 59.2 Å². The molecule has 37 heavy (non-hydrogen) atoms. The molecule has 2 aromatic carbocycles. The topological polar surface area (TPSA) is 114 Å². The average molecular weight is 503 g/mol. The van der Waals surface area contributed by atoms with Gasteiger partial charge in [0.05, 0.1) is 5.69 Å². The number of para-hydroxylation sites is 1. The zero-order valence-electron chi connectivity index (χ0n) is 21.7. The summed E-state index contributed by atoms with van der Waals surface area (Å²) < 4.78 is 9.39. The summed E-state index contributed by atoms with van der Waals surface area (Å²) in [7, 11) is 0. The second-order valence-electron chi connectivity index (χ2n) is 9.47. The van der Waals surface area contributed by atoms with E-state index in [2.05, 4.69) is 16.9 Å². The maximum Gasteiger partial charge on any atom is 0.335 e. The number of aromatic nitrogens is 4. The van der Waals surface area contributed by atoms with Gasteiger partial charge < -0.3 is 16.2 Å². The van der Waals surface area contributed by atoms with E-state index in [1.165, 1.54) is 25.6 Å². The quantitative estimate of drug-likeness (QED) is 0.205. The van der Waals surface area contributed by atoms with Crippen molar-refractivity contribution in [1.29, 1.82) is 0 Å². The summed E-state index contributed by atoms with van der Waals surface area (Å²) in [6.45, 7) is 2.91. The van der Waals surface area contributed by atoms with E-state index in [-0.39, 0.29) is 11.7 Å². The van der Waals surface area contributed by atoms with Crippen molar-refractivity contribution in [3.05, 3.63) is 71.4 Å². The molecule has 0 aliphatic heterocycles. The lowest BCUT2D eigenvalue weighted by molar-refractivity contribution is 0.405. The first-order chi connectivity index (χ1) is 18.1. The SMILES string of the molecule is CCC[C@@H](CCCCCCCCN)n1c(=O)n(-c2ccc(Oc3ccccc3)cc2)c2c(N)ncnc21. The Morgan fingerprint density at radius 1 is 0.865 bits per heavy atom. The molecule has 0 unspecified atom stereocenters. The van der Waals surface area contributed by atoms with Crippen LogP contribution in [0, 0.1) is 0 Å². The number of benzene rings is 2. The molecule has 8 nitrogen and oxygen atoms in total. The van der Waals surface area contributed by atoms with Gasteiger partial charge in [0.1, 0.15) is 23.3 Å². The number of hydrogen-bond donors (Lipinski definition) is 2. The number of unbranched alkanes of at least 4 members (excludes halogenated alkanes) is 5. The van der Waals surface area contributed by atoms with Gasteiger partial charge in [-0.25, -0.2) is 14.8 Å². The third kappa shape index (κ3) is 6.38. The molecule has 1 atom stereocenters. The summed E-state index contributed by atoms with van der Waals surface area (Å²) in [5.74, 6) is 1.73. The predicted octanol–water partition coefficient (Wildman–Crippen LogP) is 5.99. The van der Waals surface area contributed by atoms with E-state index >= 15 is 0 Å². The fourth-order valence-corrected chi connectivity index (χ4v) is 4.89. The summed E-state index contributed by atoms with van der Waals surface area (Å²) in [5.41, 5.74) is 13.6. The van der Waals surface area contributed by atoms with E-state index < -0.39 is 0 Å². The Balaban J connectivity index is 1.61. The number of fused-ring (bicyclic) bond motifs is 1. The first-order valence-corrected chi connectivity index (χ1v) is 13.4. The average Bonchev–Trinajstić information content (AvgIpc) is 3.21. The third-order valence-electron chi connectivity index (χ3n) is 6.73. The number of nitrogens with zero attached hydrogens (tertiary/aromatic N) is 4. The smallest absolute Gasteiger partial charge is 0.335 e. The number of hydrogen-bond acceptors (Lipinski definition) is 6. The van der Waals surface area contributed by atoms with Crippen molar-refractivity contribution in [2.45, 2.75) is 70.8 Å². The minimum absolute atomic E-state index is 0.0558. The standard InChI is InChI=1S/C29H38N6O2/c1-2-12-22(13-8-5-3-4-6-11-20-30)35-28-26(27(31)32-21-33-28)34(29(35)36)23-16-18-25(19-17-23)37-24-14-9-7-10-15-24/h7,9-10,14-19,21-22H,2-6,8,11-13,20,30H2,1H3,(H2,31,32,33)/t22-/m0/s1. The highest BCUT2D eigenvalue weighted by Crippen LogP contribution is 2.29. The third-order valence-corrected chi connectivity index (χ3v) is 6.73. The molecular formula is C29H38N6O2. The maximum absolute atomic E-state index is 13.9. The highest BCUT2D eigenvalue weighted by atomic mass is 16.5. The van der Waals surface area contributed by atoms with Crippen LogP contribution < -0.4 is 21.9 Å². The van der Waals surface area contributed by atoms with Crippen LogP contribution in [0.5, 0.6) is 11.5 Å². The van der Waals surface area contributed by atoms with Crippen molar-refractivity contribution in [3.63, 3.8) is 0 Å².